The summed E-state index contributed by atoms with van der Waals surface area (Å²) >= 11 is 5.04. The van der Waals surface area contributed by atoms with Crippen LogP contribution in [0.1, 0.15) is 11.1 Å². The largest absolute Gasteiger partial charge is 0.477 e. The first kappa shape index (κ1) is 21.8. The zero-order chi connectivity index (χ0) is 22.5. The van der Waals surface area contributed by atoms with E-state index in [-0.39, 0.29) is 18.0 Å². The van der Waals surface area contributed by atoms with Crippen molar-refractivity contribution in [3.63, 3.8) is 0 Å². The summed E-state index contributed by atoms with van der Waals surface area (Å²) in [6, 6.07) is 22.2. The Labute approximate surface area is 197 Å². The molecule has 0 aliphatic rings. The molecule has 4 aromatic rings. The second-order valence-electron chi connectivity index (χ2n) is 6.94. The molecule has 0 aliphatic heterocycles. The zero-order valence-corrected chi connectivity index (χ0v) is 19.2. The Morgan fingerprint density at radius 2 is 1.78 bits per heavy atom. The van der Waals surface area contributed by atoms with Gasteiger partial charge in [-0.1, -0.05) is 36.4 Å². The third-order valence-electron chi connectivity index (χ3n) is 4.70. The minimum absolute atomic E-state index is 0.0947. The van der Waals surface area contributed by atoms with Crippen LogP contribution in [0.5, 0.6) is 11.5 Å². The van der Waals surface area contributed by atoms with Gasteiger partial charge in [-0.05, 0) is 80.3 Å². The Balaban J connectivity index is 1.46. The highest BCUT2D eigenvalue weighted by atomic mass is 79.9. The smallest absolute Gasteiger partial charge is 0.352 e. The highest BCUT2D eigenvalue weighted by Gasteiger charge is 2.14. The zero-order valence-electron chi connectivity index (χ0n) is 16.7. The first-order valence-corrected chi connectivity index (χ1v) is 11.4. The molecule has 4 rings (SSSR count). The fourth-order valence-electron chi connectivity index (χ4n) is 3.18. The molecule has 1 amide bonds. The Morgan fingerprint density at radius 3 is 2.53 bits per heavy atom. The number of nitrogens with one attached hydrogen (secondary N) is 1. The number of hydrogen-bond donors (Lipinski definition) is 2. The molecular formula is C25H18BrNO4S. The molecule has 160 valence electrons. The van der Waals surface area contributed by atoms with Crippen LogP contribution in [0.2, 0.25) is 0 Å². The molecular weight excluding hydrogens is 490 g/mol. The Bertz CT molecular complexity index is 1310. The van der Waals surface area contributed by atoms with E-state index in [1.807, 2.05) is 53.9 Å². The van der Waals surface area contributed by atoms with Crippen LogP contribution in [0.3, 0.4) is 0 Å². The fourth-order valence-corrected chi connectivity index (χ4v) is 4.38. The third kappa shape index (κ3) is 5.25. The highest BCUT2D eigenvalue weighted by molar-refractivity contribution is 9.10. The number of carbonyl (C=O) groups is 2. The predicted octanol–water partition coefficient (Wildman–Crippen LogP) is 6.24. The standard InChI is InChI=1S/C25H18BrNO4S/c26-20-5-1-2-6-22(20)31-18-10-8-16(9-11-18)14-21(25(29)30)27-24(28)15-17-4-3-7-23-19(17)12-13-32-23/h1-14H,15H2,(H,27,28)(H,29,30). The Morgan fingerprint density at radius 1 is 1.00 bits per heavy atom. The number of ether oxygens (including phenoxy) is 1. The molecule has 5 nitrogen and oxygen atoms in total. The number of fused-ring (bicyclic) bond motifs is 1. The van der Waals surface area contributed by atoms with Gasteiger partial charge in [0.25, 0.3) is 0 Å². The SMILES string of the molecule is O=C(Cc1cccc2sccc12)NC(=Cc1ccc(Oc2ccccc2Br)cc1)C(=O)O. The van der Waals surface area contributed by atoms with Gasteiger partial charge in [0, 0.05) is 4.70 Å². The number of carbonyl (C=O) groups excluding carboxylic acids is 1. The van der Waals surface area contributed by atoms with E-state index in [9.17, 15) is 14.7 Å². The minimum atomic E-state index is -1.21. The number of thiophene rings is 1. The number of aliphatic carboxylic acids is 1. The van der Waals surface area contributed by atoms with E-state index < -0.39 is 5.97 Å². The molecule has 0 spiro atoms. The number of carboxylic acid groups (broad SMARTS) is 1. The van der Waals surface area contributed by atoms with Crippen molar-refractivity contribution in [3.05, 3.63) is 99.5 Å². The second kappa shape index (κ2) is 9.80. The van der Waals surface area contributed by atoms with Crippen molar-refractivity contribution in [2.45, 2.75) is 6.42 Å². The Hall–Kier alpha value is -3.42. The lowest BCUT2D eigenvalue weighted by Gasteiger charge is -2.09. The van der Waals surface area contributed by atoms with E-state index >= 15 is 0 Å². The first-order valence-electron chi connectivity index (χ1n) is 9.72. The van der Waals surface area contributed by atoms with Gasteiger partial charge in [0.1, 0.15) is 17.2 Å². The molecule has 3 aromatic carbocycles. The average Bonchev–Trinajstić information content (AvgIpc) is 3.26. The van der Waals surface area contributed by atoms with Crippen molar-refractivity contribution in [2.75, 3.05) is 0 Å². The summed E-state index contributed by atoms with van der Waals surface area (Å²) in [6.07, 6.45) is 1.52. The minimum Gasteiger partial charge on any atom is -0.477 e. The summed E-state index contributed by atoms with van der Waals surface area (Å²) in [5.41, 5.74) is 1.30. The van der Waals surface area contributed by atoms with E-state index in [1.165, 1.54) is 6.08 Å². The molecule has 1 heterocycles. The lowest BCUT2D eigenvalue weighted by molar-refractivity contribution is -0.134. The molecule has 1 aromatic heterocycles. The second-order valence-corrected chi connectivity index (χ2v) is 8.74. The highest BCUT2D eigenvalue weighted by Crippen LogP contribution is 2.29. The average molecular weight is 508 g/mol. The molecule has 0 bridgehead atoms. The van der Waals surface area contributed by atoms with Crippen LogP contribution >= 0.6 is 27.3 Å². The summed E-state index contributed by atoms with van der Waals surface area (Å²) in [5.74, 6) is -0.305. The van der Waals surface area contributed by atoms with Gasteiger partial charge in [-0.25, -0.2) is 4.79 Å². The van der Waals surface area contributed by atoms with Crippen molar-refractivity contribution in [1.29, 1.82) is 0 Å². The third-order valence-corrected chi connectivity index (χ3v) is 6.23. The molecule has 0 saturated carbocycles. The van der Waals surface area contributed by atoms with Crippen molar-refractivity contribution < 1.29 is 19.4 Å². The number of carboxylic acids is 1. The molecule has 0 fully saturated rings. The molecule has 2 N–H and O–H groups in total. The number of halogens is 1. The monoisotopic (exact) mass is 507 g/mol. The van der Waals surface area contributed by atoms with E-state index in [1.54, 1.807) is 35.6 Å². The van der Waals surface area contributed by atoms with Crippen LogP contribution in [0.25, 0.3) is 16.2 Å². The van der Waals surface area contributed by atoms with Gasteiger partial charge in [-0.15, -0.1) is 11.3 Å². The molecule has 0 saturated heterocycles. The summed E-state index contributed by atoms with van der Waals surface area (Å²) < 4.78 is 7.75. The molecule has 0 aliphatic carbocycles. The topological polar surface area (TPSA) is 75.6 Å². The van der Waals surface area contributed by atoms with Crippen LogP contribution in [0.15, 0.2) is 88.3 Å². The van der Waals surface area contributed by atoms with Gasteiger partial charge in [0.2, 0.25) is 5.91 Å². The van der Waals surface area contributed by atoms with E-state index in [0.717, 1.165) is 20.1 Å². The summed E-state index contributed by atoms with van der Waals surface area (Å²) in [5, 5.41) is 15.1. The maximum atomic E-state index is 12.5. The molecule has 7 heteroatoms. The van der Waals surface area contributed by atoms with Gasteiger partial charge < -0.3 is 15.2 Å². The van der Waals surface area contributed by atoms with Crippen LogP contribution in [0.4, 0.5) is 0 Å². The van der Waals surface area contributed by atoms with Gasteiger partial charge >= 0.3 is 5.97 Å². The number of amides is 1. The molecule has 0 unspecified atom stereocenters. The van der Waals surface area contributed by atoms with Crippen LogP contribution in [-0.4, -0.2) is 17.0 Å². The number of hydrogen-bond acceptors (Lipinski definition) is 4. The van der Waals surface area contributed by atoms with Crippen molar-refractivity contribution in [1.82, 2.24) is 5.32 Å². The van der Waals surface area contributed by atoms with Crippen LogP contribution in [0, 0.1) is 0 Å². The lowest BCUT2D eigenvalue weighted by Crippen LogP contribution is -2.28. The van der Waals surface area contributed by atoms with E-state index in [2.05, 4.69) is 21.2 Å². The van der Waals surface area contributed by atoms with Crippen molar-refractivity contribution in [3.8, 4) is 11.5 Å². The summed E-state index contributed by atoms with van der Waals surface area (Å²) in [6.45, 7) is 0. The van der Waals surface area contributed by atoms with Gasteiger partial charge in [-0.3, -0.25) is 4.79 Å². The van der Waals surface area contributed by atoms with Crippen LogP contribution < -0.4 is 10.1 Å². The number of para-hydroxylation sites is 1. The van der Waals surface area contributed by atoms with Gasteiger partial charge in [-0.2, -0.15) is 0 Å². The number of rotatable bonds is 7. The molecule has 32 heavy (non-hydrogen) atoms. The summed E-state index contributed by atoms with van der Waals surface area (Å²) in [4.78, 5) is 24.2. The van der Waals surface area contributed by atoms with E-state index in [4.69, 9.17) is 4.74 Å². The van der Waals surface area contributed by atoms with Crippen molar-refractivity contribution in [2.24, 2.45) is 0 Å². The maximum absolute atomic E-state index is 12.5. The molecule has 0 atom stereocenters. The normalized spacial score (nSPS) is 11.3. The fraction of sp³-hybridized carbons (Fsp3) is 0.0400. The number of benzene rings is 3. The lowest BCUT2D eigenvalue weighted by atomic mass is 10.1. The summed E-state index contributed by atoms with van der Waals surface area (Å²) in [7, 11) is 0. The van der Waals surface area contributed by atoms with Crippen LogP contribution in [-0.2, 0) is 16.0 Å². The molecule has 0 radical (unpaired) electrons. The predicted molar refractivity (Wildman–Crippen MR) is 130 cm³/mol. The quantitative estimate of drug-likeness (QED) is 0.290. The van der Waals surface area contributed by atoms with E-state index in [0.29, 0.717) is 17.1 Å². The van der Waals surface area contributed by atoms with Gasteiger partial charge in [0.05, 0.1) is 10.9 Å². The van der Waals surface area contributed by atoms with Crippen molar-refractivity contribution >= 4 is 55.3 Å². The first-order chi connectivity index (χ1) is 15.5. The Kier molecular flexibility index (Phi) is 6.68. The maximum Gasteiger partial charge on any atom is 0.352 e. The van der Waals surface area contributed by atoms with Gasteiger partial charge in [0.15, 0.2) is 0 Å².